The summed E-state index contributed by atoms with van der Waals surface area (Å²) in [6.45, 7) is 5.92. The van der Waals surface area contributed by atoms with Gasteiger partial charge in [-0.15, -0.1) is 0 Å². The topological polar surface area (TPSA) is 120 Å². The second-order valence-electron chi connectivity index (χ2n) is 7.45. The van der Waals surface area contributed by atoms with Crippen LogP contribution in [-0.2, 0) is 14.3 Å². The van der Waals surface area contributed by atoms with Crippen molar-refractivity contribution in [3.63, 3.8) is 0 Å². The van der Waals surface area contributed by atoms with Gasteiger partial charge in [0.05, 0.1) is 16.4 Å². The molecule has 1 aromatic heterocycles. The second kappa shape index (κ2) is 8.84. The highest BCUT2D eigenvalue weighted by Crippen LogP contribution is 2.46. The number of carboxylic acids is 1. The van der Waals surface area contributed by atoms with E-state index in [1.54, 1.807) is 7.11 Å². The number of aliphatic carboxylic acids is 1. The van der Waals surface area contributed by atoms with Crippen molar-refractivity contribution < 1.29 is 24.4 Å². The van der Waals surface area contributed by atoms with Crippen LogP contribution in [0, 0.1) is 20.9 Å². The Hall–Kier alpha value is -2.35. The number of pyridine rings is 1. The minimum Gasteiger partial charge on any atom is -0.481 e. The first-order valence-electron chi connectivity index (χ1n) is 8.37. The summed E-state index contributed by atoms with van der Waals surface area (Å²) in [4.78, 5) is 36.0. The van der Waals surface area contributed by atoms with Crippen molar-refractivity contribution in [2.45, 2.75) is 52.6 Å². The normalized spacial score (nSPS) is 17.6. The number of hydrogen-bond acceptors (Lipinski definition) is 6. The van der Waals surface area contributed by atoms with E-state index in [4.69, 9.17) is 4.74 Å². The molecule has 0 aromatic carbocycles. The molecular weight excluding hydrogens is 340 g/mol. The number of ketones is 1. The summed E-state index contributed by atoms with van der Waals surface area (Å²) in [7, 11) is 1.55. The number of nitro groups is 1. The van der Waals surface area contributed by atoms with Gasteiger partial charge in [0.15, 0.2) is 0 Å². The van der Waals surface area contributed by atoms with Gasteiger partial charge in [0, 0.05) is 32.2 Å². The number of methoxy groups -OCH3 is 1. The zero-order valence-electron chi connectivity index (χ0n) is 15.6. The molecule has 0 aliphatic heterocycles. The summed E-state index contributed by atoms with van der Waals surface area (Å²) in [5.41, 5.74) is -1.15. The standard InChI is InChI=1S/C13H22O4.C5H4N2O2/c1-12(2,3)10(17-4)13(11(15)16)7-5-9(14)6-8-13;8-7(9)5-2-1-3-6-4-5/h10H,5-8H2,1-4H3,(H,15,16);1-4H. The monoisotopic (exact) mass is 366 g/mol. The molecule has 1 unspecified atom stereocenters. The number of aromatic nitrogens is 1. The number of hydrogen-bond donors (Lipinski definition) is 1. The zero-order valence-corrected chi connectivity index (χ0v) is 15.6. The lowest BCUT2D eigenvalue weighted by Gasteiger charge is -2.44. The number of ether oxygens (including phenoxy) is 1. The molecule has 8 heteroatoms. The maximum Gasteiger partial charge on any atom is 0.312 e. The Balaban J connectivity index is 0.000000314. The molecule has 0 radical (unpaired) electrons. The molecule has 1 aliphatic carbocycles. The zero-order chi connectivity index (χ0) is 20.0. The van der Waals surface area contributed by atoms with E-state index in [2.05, 4.69) is 4.98 Å². The molecular formula is C18H26N2O6. The van der Waals surface area contributed by atoms with E-state index in [-0.39, 0.29) is 23.0 Å². The first kappa shape index (κ1) is 21.7. The van der Waals surface area contributed by atoms with Crippen LogP contribution in [0.25, 0.3) is 0 Å². The van der Waals surface area contributed by atoms with Gasteiger partial charge in [-0.3, -0.25) is 24.7 Å². The van der Waals surface area contributed by atoms with Crippen LogP contribution in [0.1, 0.15) is 46.5 Å². The smallest absolute Gasteiger partial charge is 0.312 e. The van der Waals surface area contributed by atoms with E-state index < -0.39 is 16.3 Å². The summed E-state index contributed by atoms with van der Waals surface area (Å²) >= 11 is 0. The Morgan fingerprint density at radius 2 is 1.96 bits per heavy atom. The Labute approximate surface area is 152 Å². The van der Waals surface area contributed by atoms with Crippen molar-refractivity contribution >= 4 is 17.4 Å². The van der Waals surface area contributed by atoms with Crippen LogP contribution in [0.4, 0.5) is 5.69 Å². The number of carbonyl (C=O) groups is 2. The van der Waals surface area contributed by atoms with Crippen molar-refractivity contribution in [2.24, 2.45) is 10.8 Å². The molecule has 0 saturated heterocycles. The lowest BCUT2D eigenvalue weighted by molar-refractivity contribution is -0.385. The van der Waals surface area contributed by atoms with Crippen LogP contribution in [0.3, 0.4) is 0 Å². The molecule has 2 rings (SSSR count). The largest absolute Gasteiger partial charge is 0.481 e. The van der Waals surface area contributed by atoms with E-state index in [0.717, 1.165) is 0 Å². The Kier molecular flexibility index (Phi) is 7.38. The Morgan fingerprint density at radius 3 is 2.27 bits per heavy atom. The third-order valence-electron chi connectivity index (χ3n) is 4.51. The van der Waals surface area contributed by atoms with Gasteiger partial charge in [0.1, 0.15) is 12.0 Å². The molecule has 0 spiro atoms. The highest BCUT2D eigenvalue weighted by atomic mass is 16.6. The van der Waals surface area contributed by atoms with Crippen LogP contribution in [0.15, 0.2) is 24.5 Å². The van der Waals surface area contributed by atoms with Crippen LogP contribution in [0.2, 0.25) is 0 Å². The SMILES string of the molecule is COC(C(C)(C)C)C1(C(=O)O)CCC(=O)CC1.O=[N+]([O-])c1cccnc1. The van der Waals surface area contributed by atoms with Crippen LogP contribution in [0.5, 0.6) is 0 Å². The lowest BCUT2D eigenvalue weighted by atomic mass is 9.63. The molecule has 0 amide bonds. The number of nitrogens with zero attached hydrogens (tertiary/aromatic N) is 2. The highest BCUT2D eigenvalue weighted by molar-refractivity contribution is 5.84. The summed E-state index contributed by atoms with van der Waals surface area (Å²) < 4.78 is 5.46. The molecule has 144 valence electrons. The average Bonchev–Trinajstić information content (AvgIpc) is 2.57. The van der Waals surface area contributed by atoms with E-state index >= 15 is 0 Å². The molecule has 1 atom stereocenters. The maximum absolute atomic E-state index is 11.6. The number of Topliss-reactive ketones (excluding diaryl/α,β-unsaturated/α-hetero) is 1. The lowest BCUT2D eigenvalue weighted by Crippen LogP contribution is -2.51. The van der Waals surface area contributed by atoms with Gasteiger partial charge in [-0.2, -0.15) is 0 Å². The highest BCUT2D eigenvalue weighted by Gasteiger charge is 2.52. The van der Waals surface area contributed by atoms with Crippen LogP contribution in [-0.4, -0.2) is 40.0 Å². The van der Waals surface area contributed by atoms with Gasteiger partial charge >= 0.3 is 5.97 Å². The predicted octanol–water partition coefficient (Wildman–Crippen LogP) is 3.25. The van der Waals surface area contributed by atoms with Crippen molar-refractivity contribution in [3.05, 3.63) is 34.6 Å². The third kappa shape index (κ3) is 5.32. The van der Waals surface area contributed by atoms with E-state index in [9.17, 15) is 24.8 Å². The summed E-state index contributed by atoms with van der Waals surface area (Å²) in [6.07, 6.45) is 3.80. The van der Waals surface area contributed by atoms with Crippen molar-refractivity contribution in [2.75, 3.05) is 7.11 Å². The Morgan fingerprint density at radius 1 is 1.38 bits per heavy atom. The molecule has 8 nitrogen and oxygen atoms in total. The average molecular weight is 366 g/mol. The molecule has 1 saturated carbocycles. The molecule has 1 heterocycles. The van der Waals surface area contributed by atoms with Crippen LogP contribution >= 0.6 is 0 Å². The molecule has 1 aromatic rings. The summed E-state index contributed by atoms with van der Waals surface area (Å²) in [5.74, 6) is -0.683. The summed E-state index contributed by atoms with van der Waals surface area (Å²) in [6, 6.07) is 2.92. The minimum absolute atomic E-state index is 0.0255. The van der Waals surface area contributed by atoms with Gasteiger partial charge in [-0.1, -0.05) is 20.8 Å². The van der Waals surface area contributed by atoms with Crippen molar-refractivity contribution in [1.29, 1.82) is 0 Å². The number of rotatable bonds is 4. The fourth-order valence-corrected chi connectivity index (χ4v) is 3.43. The minimum atomic E-state index is -0.916. The number of carbonyl (C=O) groups excluding carboxylic acids is 1. The van der Waals surface area contributed by atoms with Crippen LogP contribution < -0.4 is 0 Å². The molecule has 1 N–H and O–H groups in total. The first-order valence-corrected chi connectivity index (χ1v) is 8.37. The van der Waals surface area contributed by atoms with E-state index in [1.165, 1.54) is 24.5 Å². The quantitative estimate of drug-likeness (QED) is 0.641. The molecule has 1 aliphatic rings. The van der Waals surface area contributed by atoms with Gasteiger partial charge in [-0.25, -0.2) is 0 Å². The fraction of sp³-hybridized carbons (Fsp3) is 0.611. The van der Waals surface area contributed by atoms with Gasteiger partial charge < -0.3 is 9.84 Å². The maximum atomic E-state index is 11.6. The second-order valence-corrected chi connectivity index (χ2v) is 7.45. The predicted molar refractivity (Wildman–Crippen MR) is 94.7 cm³/mol. The van der Waals surface area contributed by atoms with E-state index in [1.807, 2.05) is 20.8 Å². The van der Waals surface area contributed by atoms with Crippen molar-refractivity contribution in [3.8, 4) is 0 Å². The van der Waals surface area contributed by atoms with Gasteiger partial charge in [0.2, 0.25) is 0 Å². The molecule has 1 fully saturated rings. The van der Waals surface area contributed by atoms with E-state index in [0.29, 0.717) is 25.7 Å². The first-order chi connectivity index (χ1) is 12.0. The van der Waals surface area contributed by atoms with Gasteiger partial charge in [0.25, 0.3) is 5.69 Å². The van der Waals surface area contributed by atoms with Gasteiger partial charge in [-0.05, 0) is 24.3 Å². The fourth-order valence-electron chi connectivity index (χ4n) is 3.43. The Bertz CT molecular complexity index is 629. The molecule has 26 heavy (non-hydrogen) atoms. The third-order valence-corrected chi connectivity index (χ3v) is 4.51. The van der Waals surface area contributed by atoms with Crippen molar-refractivity contribution in [1.82, 2.24) is 4.98 Å². The summed E-state index contributed by atoms with van der Waals surface area (Å²) in [5, 5.41) is 19.5. The number of carboxylic acid groups (broad SMARTS) is 1. The molecule has 0 bridgehead atoms.